The summed E-state index contributed by atoms with van der Waals surface area (Å²) in [5, 5.41) is 0. The maximum Gasteiger partial charge on any atom is 0.146 e. The van der Waals surface area contributed by atoms with Gasteiger partial charge in [0, 0.05) is 6.54 Å². The quantitative estimate of drug-likeness (QED) is 0.797. The van der Waals surface area contributed by atoms with Gasteiger partial charge in [0.1, 0.15) is 5.78 Å². The average Bonchev–Trinajstić information content (AvgIpc) is 2.29. The van der Waals surface area contributed by atoms with Crippen LogP contribution in [-0.4, -0.2) is 23.3 Å². The summed E-state index contributed by atoms with van der Waals surface area (Å²) in [6.07, 6.45) is 3.44. The van der Waals surface area contributed by atoms with Gasteiger partial charge in [0.2, 0.25) is 0 Å². The zero-order valence-electron chi connectivity index (χ0n) is 10.8. The van der Waals surface area contributed by atoms with Crippen molar-refractivity contribution in [2.75, 3.05) is 6.54 Å². The van der Waals surface area contributed by atoms with Crippen molar-refractivity contribution in [3.63, 3.8) is 0 Å². The maximum atomic E-state index is 11.6. The fraction of sp³-hybridized carbons (Fsp3) is 0.533. The molecule has 2 nitrogen and oxygen atoms in total. The number of nitrogens with zero attached hydrogens (tertiary/aromatic N) is 1. The molecule has 2 rings (SSSR count). The molecule has 0 N–H and O–H groups in total. The molecule has 1 atom stereocenters. The first kappa shape index (κ1) is 12.3. The van der Waals surface area contributed by atoms with Crippen LogP contribution in [0.25, 0.3) is 0 Å². The first-order valence-corrected chi connectivity index (χ1v) is 6.47. The fourth-order valence-electron chi connectivity index (χ4n) is 2.69. The van der Waals surface area contributed by atoms with Gasteiger partial charge in [0.15, 0.2) is 0 Å². The second kappa shape index (κ2) is 5.46. The van der Waals surface area contributed by atoms with Crippen LogP contribution < -0.4 is 0 Å². The number of rotatable bonds is 3. The monoisotopic (exact) mass is 231 g/mol. The van der Waals surface area contributed by atoms with Crippen molar-refractivity contribution < 1.29 is 4.79 Å². The highest BCUT2D eigenvalue weighted by molar-refractivity contribution is 5.81. The molecule has 0 radical (unpaired) electrons. The van der Waals surface area contributed by atoms with Gasteiger partial charge in [-0.3, -0.25) is 9.69 Å². The first-order valence-electron chi connectivity index (χ1n) is 6.47. The second-order valence-corrected chi connectivity index (χ2v) is 5.08. The van der Waals surface area contributed by atoms with Crippen LogP contribution in [0.2, 0.25) is 0 Å². The Hall–Kier alpha value is -1.15. The molecule has 1 unspecified atom stereocenters. The minimum Gasteiger partial charge on any atom is -0.298 e. The van der Waals surface area contributed by atoms with Gasteiger partial charge in [-0.25, -0.2) is 0 Å². The maximum absolute atomic E-state index is 11.6. The van der Waals surface area contributed by atoms with E-state index in [1.165, 1.54) is 24.0 Å². The van der Waals surface area contributed by atoms with Gasteiger partial charge in [-0.05, 0) is 38.8 Å². The van der Waals surface area contributed by atoms with Crippen molar-refractivity contribution in [1.29, 1.82) is 0 Å². The van der Waals surface area contributed by atoms with Gasteiger partial charge in [0.25, 0.3) is 0 Å². The Balaban J connectivity index is 2.08. The molecule has 1 fully saturated rings. The van der Waals surface area contributed by atoms with E-state index in [9.17, 15) is 4.79 Å². The van der Waals surface area contributed by atoms with Crippen LogP contribution in [0.5, 0.6) is 0 Å². The van der Waals surface area contributed by atoms with E-state index in [2.05, 4.69) is 36.1 Å². The predicted octanol–water partition coefficient (Wildman–Crippen LogP) is 2.94. The number of piperidine rings is 1. The number of Topliss-reactive ketones (excluding diaryl/α,β-unsaturated/α-hetero) is 1. The number of carbonyl (C=O) groups excluding carboxylic acids is 1. The number of ketones is 1. The topological polar surface area (TPSA) is 20.3 Å². The Kier molecular flexibility index (Phi) is 3.95. The number of carbonyl (C=O) groups is 1. The highest BCUT2D eigenvalue weighted by Crippen LogP contribution is 2.20. The number of hydrogen-bond acceptors (Lipinski definition) is 2. The highest BCUT2D eigenvalue weighted by Gasteiger charge is 2.25. The van der Waals surface area contributed by atoms with E-state index in [4.69, 9.17) is 0 Å². The summed E-state index contributed by atoms with van der Waals surface area (Å²) >= 11 is 0. The molecule has 1 aliphatic heterocycles. The van der Waals surface area contributed by atoms with Gasteiger partial charge < -0.3 is 0 Å². The minimum atomic E-state index is 0.143. The molecule has 2 heteroatoms. The normalized spacial score (nSPS) is 21.4. The van der Waals surface area contributed by atoms with Crippen molar-refractivity contribution in [3.8, 4) is 0 Å². The molecule has 17 heavy (non-hydrogen) atoms. The zero-order chi connectivity index (χ0) is 12.3. The van der Waals surface area contributed by atoms with Gasteiger partial charge in [-0.2, -0.15) is 0 Å². The molecule has 1 aromatic carbocycles. The Labute approximate surface area is 104 Å². The molecule has 0 spiro atoms. The van der Waals surface area contributed by atoms with E-state index in [0.29, 0.717) is 5.78 Å². The smallest absolute Gasteiger partial charge is 0.146 e. The van der Waals surface area contributed by atoms with Crippen LogP contribution >= 0.6 is 0 Å². The summed E-state index contributed by atoms with van der Waals surface area (Å²) in [5.41, 5.74) is 2.61. The summed E-state index contributed by atoms with van der Waals surface area (Å²) in [4.78, 5) is 14.0. The van der Waals surface area contributed by atoms with Crippen LogP contribution in [0, 0.1) is 6.92 Å². The Morgan fingerprint density at radius 3 is 2.94 bits per heavy atom. The van der Waals surface area contributed by atoms with E-state index in [1.807, 2.05) is 0 Å². The largest absolute Gasteiger partial charge is 0.298 e. The van der Waals surface area contributed by atoms with Gasteiger partial charge in [0.05, 0.1) is 6.04 Å². The average molecular weight is 231 g/mol. The number of likely N-dealkylation sites (tertiary alicyclic amines) is 1. The molecule has 0 aromatic heterocycles. The fourth-order valence-corrected chi connectivity index (χ4v) is 2.69. The lowest BCUT2D eigenvalue weighted by Gasteiger charge is -2.34. The first-order chi connectivity index (χ1) is 8.16. The van der Waals surface area contributed by atoms with E-state index in [1.54, 1.807) is 6.92 Å². The van der Waals surface area contributed by atoms with E-state index in [0.717, 1.165) is 19.5 Å². The van der Waals surface area contributed by atoms with Crippen molar-refractivity contribution >= 4 is 5.78 Å². The molecule has 0 amide bonds. The summed E-state index contributed by atoms with van der Waals surface area (Å²) in [5.74, 6) is 0.317. The molecule has 0 aliphatic carbocycles. The van der Waals surface area contributed by atoms with Crippen molar-refractivity contribution in [1.82, 2.24) is 4.90 Å². The lowest BCUT2D eigenvalue weighted by atomic mass is 9.98. The van der Waals surface area contributed by atoms with E-state index >= 15 is 0 Å². The molecule has 0 bridgehead atoms. The van der Waals surface area contributed by atoms with Gasteiger partial charge in [-0.15, -0.1) is 0 Å². The van der Waals surface area contributed by atoms with E-state index in [-0.39, 0.29) is 6.04 Å². The third-order valence-electron chi connectivity index (χ3n) is 3.55. The Bertz CT molecular complexity index is 400. The summed E-state index contributed by atoms with van der Waals surface area (Å²) < 4.78 is 0. The third-order valence-corrected chi connectivity index (χ3v) is 3.55. The molecule has 92 valence electrons. The number of aryl methyl sites for hydroxylation is 1. The second-order valence-electron chi connectivity index (χ2n) is 5.08. The van der Waals surface area contributed by atoms with Crippen LogP contribution in [0.3, 0.4) is 0 Å². The third kappa shape index (κ3) is 3.16. The van der Waals surface area contributed by atoms with Crippen LogP contribution in [0.15, 0.2) is 24.3 Å². The summed E-state index contributed by atoms with van der Waals surface area (Å²) in [7, 11) is 0. The Morgan fingerprint density at radius 2 is 2.24 bits per heavy atom. The summed E-state index contributed by atoms with van der Waals surface area (Å²) in [6.45, 7) is 5.80. The van der Waals surface area contributed by atoms with Crippen LogP contribution in [-0.2, 0) is 11.3 Å². The standard InChI is InChI=1S/C15H21NO/c1-12-6-5-7-14(10-12)11-16-9-4-3-8-15(16)13(2)17/h5-7,10,15H,3-4,8-9,11H2,1-2H3. The highest BCUT2D eigenvalue weighted by atomic mass is 16.1. The zero-order valence-corrected chi connectivity index (χ0v) is 10.8. The molecular formula is C15H21NO. The van der Waals surface area contributed by atoms with Gasteiger partial charge >= 0.3 is 0 Å². The lowest BCUT2D eigenvalue weighted by Crippen LogP contribution is -2.43. The van der Waals surface area contributed by atoms with Gasteiger partial charge in [-0.1, -0.05) is 36.2 Å². The van der Waals surface area contributed by atoms with Crippen molar-refractivity contribution in [2.45, 2.75) is 45.7 Å². The molecule has 1 aliphatic rings. The lowest BCUT2D eigenvalue weighted by molar-refractivity contribution is -0.123. The van der Waals surface area contributed by atoms with E-state index < -0.39 is 0 Å². The molecule has 1 saturated heterocycles. The number of benzene rings is 1. The summed E-state index contributed by atoms with van der Waals surface area (Å²) in [6, 6.07) is 8.72. The molecule has 1 aromatic rings. The predicted molar refractivity (Wildman–Crippen MR) is 69.9 cm³/mol. The SMILES string of the molecule is CC(=O)C1CCCCN1Cc1cccc(C)c1. The molecular weight excluding hydrogens is 210 g/mol. The molecule has 0 saturated carbocycles. The Morgan fingerprint density at radius 1 is 1.41 bits per heavy atom. The van der Waals surface area contributed by atoms with Crippen molar-refractivity contribution in [3.05, 3.63) is 35.4 Å². The number of hydrogen-bond donors (Lipinski definition) is 0. The van der Waals surface area contributed by atoms with Crippen LogP contribution in [0.4, 0.5) is 0 Å². The molecule has 1 heterocycles. The minimum absolute atomic E-state index is 0.143. The van der Waals surface area contributed by atoms with Crippen LogP contribution in [0.1, 0.15) is 37.3 Å². The van der Waals surface area contributed by atoms with Crippen molar-refractivity contribution in [2.24, 2.45) is 0 Å².